The zero-order valence-electron chi connectivity index (χ0n) is 11.3. The van der Waals surface area contributed by atoms with Crippen molar-refractivity contribution in [1.29, 1.82) is 0 Å². The Kier molecular flexibility index (Phi) is 5.25. The summed E-state index contributed by atoms with van der Waals surface area (Å²) in [6.07, 6.45) is 4.92. The van der Waals surface area contributed by atoms with Gasteiger partial charge < -0.3 is 9.47 Å². The van der Waals surface area contributed by atoms with Crippen molar-refractivity contribution in [1.82, 2.24) is 0 Å². The van der Waals surface area contributed by atoms with E-state index in [2.05, 4.69) is 15.9 Å². The van der Waals surface area contributed by atoms with Crippen LogP contribution in [0.2, 0.25) is 0 Å². The number of carbonyl (C=O) groups is 2. The minimum absolute atomic E-state index is 0.00963. The molecule has 0 bridgehead atoms. The van der Waals surface area contributed by atoms with Crippen LogP contribution in [0.5, 0.6) is 0 Å². The second kappa shape index (κ2) is 6.73. The standard InChI is InChI=1S/C14H21BrO4/c1-18-14(17)13(10-6-12(16)19-8-10)11-5-3-2-4-9(11)7-15/h9-11,13H,2-8H2,1H3/t9-,10-,11+,13-/m1/s1. The minimum atomic E-state index is -0.195. The highest BCUT2D eigenvalue weighted by molar-refractivity contribution is 9.09. The Morgan fingerprint density at radius 2 is 2.21 bits per heavy atom. The highest BCUT2D eigenvalue weighted by Gasteiger charge is 2.44. The van der Waals surface area contributed by atoms with Gasteiger partial charge in [-0.1, -0.05) is 28.8 Å². The minimum Gasteiger partial charge on any atom is -0.469 e. The Labute approximate surface area is 122 Å². The maximum Gasteiger partial charge on any atom is 0.309 e. The van der Waals surface area contributed by atoms with Crippen molar-refractivity contribution >= 4 is 27.9 Å². The molecule has 1 heterocycles. The summed E-state index contributed by atoms with van der Waals surface area (Å²) in [6.45, 7) is 0.365. The van der Waals surface area contributed by atoms with Gasteiger partial charge in [0.15, 0.2) is 0 Å². The van der Waals surface area contributed by atoms with E-state index in [-0.39, 0.29) is 23.8 Å². The average Bonchev–Trinajstić information content (AvgIpc) is 2.85. The highest BCUT2D eigenvalue weighted by Crippen LogP contribution is 2.41. The third-order valence-corrected chi connectivity index (χ3v) is 5.33. The summed E-state index contributed by atoms with van der Waals surface area (Å²) < 4.78 is 10.0. The van der Waals surface area contributed by atoms with Crippen LogP contribution < -0.4 is 0 Å². The molecule has 1 aliphatic carbocycles. The smallest absolute Gasteiger partial charge is 0.309 e. The lowest BCUT2D eigenvalue weighted by Crippen LogP contribution is -2.38. The van der Waals surface area contributed by atoms with Crippen LogP contribution in [0.3, 0.4) is 0 Å². The molecule has 1 aliphatic heterocycles. The zero-order valence-corrected chi connectivity index (χ0v) is 12.9. The monoisotopic (exact) mass is 332 g/mol. The van der Waals surface area contributed by atoms with Crippen LogP contribution in [0.25, 0.3) is 0 Å². The van der Waals surface area contributed by atoms with E-state index >= 15 is 0 Å². The van der Waals surface area contributed by atoms with E-state index in [4.69, 9.17) is 9.47 Å². The molecule has 2 rings (SSSR count). The molecule has 0 aromatic rings. The number of methoxy groups -OCH3 is 1. The normalized spacial score (nSPS) is 32.7. The van der Waals surface area contributed by atoms with Gasteiger partial charge in [0.25, 0.3) is 0 Å². The van der Waals surface area contributed by atoms with Gasteiger partial charge in [0, 0.05) is 11.2 Å². The molecule has 0 radical (unpaired) electrons. The number of carbonyl (C=O) groups excluding carboxylic acids is 2. The van der Waals surface area contributed by atoms with E-state index in [9.17, 15) is 9.59 Å². The van der Waals surface area contributed by atoms with Gasteiger partial charge in [0.1, 0.15) is 0 Å². The van der Waals surface area contributed by atoms with E-state index in [1.54, 1.807) is 0 Å². The number of esters is 2. The molecule has 4 nitrogen and oxygen atoms in total. The van der Waals surface area contributed by atoms with Gasteiger partial charge in [0.05, 0.1) is 26.1 Å². The lowest BCUT2D eigenvalue weighted by molar-refractivity contribution is -0.151. The highest BCUT2D eigenvalue weighted by atomic mass is 79.9. The van der Waals surface area contributed by atoms with E-state index in [1.807, 2.05) is 0 Å². The molecule has 0 amide bonds. The van der Waals surface area contributed by atoms with Gasteiger partial charge in [-0.2, -0.15) is 0 Å². The maximum absolute atomic E-state index is 12.2. The number of alkyl halides is 1. The fraction of sp³-hybridized carbons (Fsp3) is 0.857. The summed E-state index contributed by atoms with van der Waals surface area (Å²) in [7, 11) is 1.43. The first kappa shape index (κ1) is 14.8. The molecule has 0 N–H and O–H groups in total. The van der Waals surface area contributed by atoms with Crippen molar-refractivity contribution in [2.45, 2.75) is 32.1 Å². The molecule has 1 saturated carbocycles. The summed E-state index contributed by atoms with van der Waals surface area (Å²) in [5.74, 6) is 0.226. The molecule has 5 heteroatoms. The number of halogens is 1. The van der Waals surface area contributed by atoms with E-state index < -0.39 is 0 Å². The third-order valence-electron chi connectivity index (χ3n) is 4.50. The zero-order chi connectivity index (χ0) is 13.8. The van der Waals surface area contributed by atoms with Gasteiger partial charge in [-0.05, 0) is 24.7 Å². The third kappa shape index (κ3) is 3.30. The number of cyclic esters (lactones) is 1. The Morgan fingerprint density at radius 3 is 2.79 bits per heavy atom. The van der Waals surface area contributed by atoms with Crippen molar-refractivity contribution in [2.24, 2.45) is 23.7 Å². The second-order valence-corrected chi connectivity index (χ2v) is 6.21. The topological polar surface area (TPSA) is 52.6 Å². The van der Waals surface area contributed by atoms with Gasteiger partial charge in [-0.15, -0.1) is 0 Å². The van der Waals surface area contributed by atoms with Crippen molar-refractivity contribution in [3.8, 4) is 0 Å². The van der Waals surface area contributed by atoms with Crippen LogP contribution in [0.4, 0.5) is 0 Å². The maximum atomic E-state index is 12.2. The molecule has 2 fully saturated rings. The number of hydrogen-bond donors (Lipinski definition) is 0. The van der Waals surface area contributed by atoms with Crippen LogP contribution in [-0.2, 0) is 19.1 Å². The van der Waals surface area contributed by atoms with E-state index in [0.717, 1.165) is 24.6 Å². The molecule has 1 saturated heterocycles. The Morgan fingerprint density at radius 1 is 1.47 bits per heavy atom. The fourth-order valence-corrected chi connectivity index (χ4v) is 4.32. The number of ether oxygens (including phenoxy) is 2. The molecule has 0 aromatic heterocycles. The molecule has 19 heavy (non-hydrogen) atoms. The van der Waals surface area contributed by atoms with Crippen molar-refractivity contribution < 1.29 is 19.1 Å². The molecule has 0 aromatic carbocycles. The lowest BCUT2D eigenvalue weighted by atomic mass is 9.69. The van der Waals surface area contributed by atoms with E-state index in [0.29, 0.717) is 24.9 Å². The van der Waals surface area contributed by atoms with Gasteiger partial charge >= 0.3 is 11.9 Å². The summed E-state index contributed by atoms with van der Waals surface area (Å²) in [6, 6.07) is 0. The Bertz CT molecular complexity index is 344. The molecule has 108 valence electrons. The molecule has 4 atom stereocenters. The van der Waals surface area contributed by atoms with Crippen LogP contribution in [-0.4, -0.2) is 31.0 Å². The number of hydrogen-bond acceptors (Lipinski definition) is 4. The molecular weight excluding hydrogens is 312 g/mol. The van der Waals surface area contributed by atoms with Gasteiger partial charge in [-0.3, -0.25) is 9.59 Å². The molecule has 0 spiro atoms. The summed E-state index contributed by atoms with van der Waals surface area (Å²) in [5.41, 5.74) is 0. The van der Waals surface area contributed by atoms with Gasteiger partial charge in [0.2, 0.25) is 0 Å². The first-order chi connectivity index (χ1) is 9.17. The largest absolute Gasteiger partial charge is 0.469 e. The average molecular weight is 333 g/mol. The molecule has 0 unspecified atom stereocenters. The quantitative estimate of drug-likeness (QED) is 0.586. The van der Waals surface area contributed by atoms with Crippen molar-refractivity contribution in [3.63, 3.8) is 0 Å². The first-order valence-electron chi connectivity index (χ1n) is 6.96. The lowest BCUT2D eigenvalue weighted by Gasteiger charge is -2.37. The van der Waals surface area contributed by atoms with Crippen molar-refractivity contribution in [3.05, 3.63) is 0 Å². The second-order valence-electron chi connectivity index (χ2n) is 5.56. The first-order valence-corrected chi connectivity index (χ1v) is 8.09. The van der Waals surface area contributed by atoms with E-state index in [1.165, 1.54) is 13.5 Å². The fourth-order valence-electron chi connectivity index (χ4n) is 3.52. The predicted molar refractivity (Wildman–Crippen MR) is 73.8 cm³/mol. The van der Waals surface area contributed by atoms with Crippen molar-refractivity contribution in [2.75, 3.05) is 19.0 Å². The Hall–Kier alpha value is -0.580. The van der Waals surface area contributed by atoms with Crippen LogP contribution in [0, 0.1) is 23.7 Å². The summed E-state index contributed by atoms with van der Waals surface area (Å²) in [5, 5.41) is 0.909. The SMILES string of the molecule is COC(=O)[C@H]([C@H]1COC(=O)C1)[C@H]1CCCC[C@@H]1CBr. The summed E-state index contributed by atoms with van der Waals surface area (Å²) in [4.78, 5) is 23.5. The Balaban J connectivity index is 2.16. The van der Waals surface area contributed by atoms with Crippen LogP contribution in [0.15, 0.2) is 0 Å². The predicted octanol–water partition coefficient (Wildman–Crippen LogP) is 2.54. The molecule has 2 aliphatic rings. The molecular formula is C14H21BrO4. The number of rotatable bonds is 4. The van der Waals surface area contributed by atoms with Crippen LogP contribution in [0.1, 0.15) is 32.1 Å². The van der Waals surface area contributed by atoms with Crippen LogP contribution >= 0.6 is 15.9 Å². The summed E-state index contributed by atoms with van der Waals surface area (Å²) >= 11 is 3.56. The van der Waals surface area contributed by atoms with Gasteiger partial charge in [-0.25, -0.2) is 0 Å².